The Kier molecular flexibility index (Phi) is 4.42. The van der Waals surface area contributed by atoms with E-state index >= 15 is 0 Å². The standard InChI is InChI=1S/C15H15N3OS/c1-10(13-3-2-8-17-9-13)18-15(19)12-6-4-11(5-7-12)14(16)20/h2-10H,1H3,(H2,16,20)(H,18,19). The summed E-state index contributed by atoms with van der Waals surface area (Å²) in [4.78, 5) is 16.5. The number of carbonyl (C=O) groups is 1. The monoisotopic (exact) mass is 285 g/mol. The SMILES string of the molecule is CC(NC(=O)c1ccc(C(N)=S)cc1)c1cccnc1. The summed E-state index contributed by atoms with van der Waals surface area (Å²) in [6.45, 7) is 1.91. The second kappa shape index (κ2) is 6.25. The van der Waals surface area contributed by atoms with Crippen molar-refractivity contribution in [3.05, 3.63) is 65.5 Å². The van der Waals surface area contributed by atoms with Gasteiger partial charge in [0.1, 0.15) is 4.99 Å². The number of nitrogens with two attached hydrogens (primary N) is 1. The minimum atomic E-state index is -0.143. The molecule has 0 fully saturated rings. The van der Waals surface area contributed by atoms with Gasteiger partial charge in [0.15, 0.2) is 0 Å². The van der Waals surface area contributed by atoms with Crippen LogP contribution < -0.4 is 11.1 Å². The molecule has 0 saturated carbocycles. The van der Waals surface area contributed by atoms with Crippen LogP contribution in [-0.4, -0.2) is 15.9 Å². The Balaban J connectivity index is 2.06. The third-order valence-corrected chi connectivity index (χ3v) is 3.20. The fourth-order valence-electron chi connectivity index (χ4n) is 1.78. The molecule has 102 valence electrons. The van der Waals surface area contributed by atoms with E-state index in [-0.39, 0.29) is 11.9 Å². The van der Waals surface area contributed by atoms with E-state index in [4.69, 9.17) is 18.0 Å². The van der Waals surface area contributed by atoms with Crippen molar-refractivity contribution in [1.29, 1.82) is 0 Å². The second-order valence-electron chi connectivity index (χ2n) is 4.42. The average molecular weight is 285 g/mol. The van der Waals surface area contributed by atoms with Crippen molar-refractivity contribution in [2.75, 3.05) is 0 Å². The van der Waals surface area contributed by atoms with Crippen LogP contribution in [0.4, 0.5) is 0 Å². The first kappa shape index (κ1) is 14.1. The van der Waals surface area contributed by atoms with Crippen LogP contribution >= 0.6 is 12.2 Å². The third-order valence-electron chi connectivity index (χ3n) is 2.96. The molecule has 5 heteroatoms. The maximum Gasteiger partial charge on any atom is 0.251 e. The first-order valence-electron chi connectivity index (χ1n) is 6.18. The Morgan fingerprint density at radius 1 is 1.25 bits per heavy atom. The Morgan fingerprint density at radius 2 is 1.90 bits per heavy atom. The molecule has 0 spiro atoms. The van der Waals surface area contributed by atoms with Crippen LogP contribution in [0.3, 0.4) is 0 Å². The van der Waals surface area contributed by atoms with E-state index in [1.54, 1.807) is 36.7 Å². The Bertz CT molecular complexity index is 611. The highest BCUT2D eigenvalue weighted by molar-refractivity contribution is 7.80. The van der Waals surface area contributed by atoms with Crippen LogP contribution in [-0.2, 0) is 0 Å². The van der Waals surface area contributed by atoms with Crippen LogP contribution in [0, 0.1) is 0 Å². The first-order valence-corrected chi connectivity index (χ1v) is 6.59. The van der Waals surface area contributed by atoms with Crippen LogP contribution in [0.15, 0.2) is 48.8 Å². The van der Waals surface area contributed by atoms with Gasteiger partial charge in [0.05, 0.1) is 6.04 Å². The molecule has 1 amide bonds. The Morgan fingerprint density at radius 3 is 2.45 bits per heavy atom. The number of thiocarbonyl (C=S) groups is 1. The number of hydrogen-bond donors (Lipinski definition) is 2. The molecule has 1 aromatic carbocycles. The quantitative estimate of drug-likeness (QED) is 0.845. The summed E-state index contributed by atoms with van der Waals surface area (Å²) in [7, 11) is 0. The van der Waals surface area contributed by atoms with Gasteiger partial charge in [-0.2, -0.15) is 0 Å². The largest absolute Gasteiger partial charge is 0.389 e. The van der Waals surface area contributed by atoms with Gasteiger partial charge in [-0.05, 0) is 30.7 Å². The molecule has 20 heavy (non-hydrogen) atoms. The van der Waals surface area contributed by atoms with Gasteiger partial charge < -0.3 is 11.1 Å². The molecule has 1 heterocycles. The maximum absolute atomic E-state index is 12.1. The molecule has 1 atom stereocenters. The van der Waals surface area contributed by atoms with E-state index in [1.165, 1.54) is 0 Å². The van der Waals surface area contributed by atoms with Crippen LogP contribution in [0.5, 0.6) is 0 Å². The van der Waals surface area contributed by atoms with Crippen molar-refractivity contribution in [3.8, 4) is 0 Å². The van der Waals surface area contributed by atoms with Crippen molar-refractivity contribution in [1.82, 2.24) is 10.3 Å². The number of nitrogens with one attached hydrogen (secondary N) is 1. The lowest BCUT2D eigenvalue weighted by molar-refractivity contribution is 0.0940. The molecular weight excluding hydrogens is 270 g/mol. The number of amides is 1. The molecule has 0 saturated heterocycles. The zero-order valence-electron chi connectivity index (χ0n) is 11.0. The molecular formula is C15H15N3OS. The van der Waals surface area contributed by atoms with E-state index < -0.39 is 0 Å². The normalized spacial score (nSPS) is 11.7. The predicted octanol–water partition coefficient (Wildman–Crippen LogP) is 2.21. The minimum Gasteiger partial charge on any atom is -0.389 e. The smallest absolute Gasteiger partial charge is 0.251 e. The third kappa shape index (κ3) is 3.39. The molecule has 0 aliphatic carbocycles. The number of benzene rings is 1. The van der Waals surface area contributed by atoms with E-state index in [0.29, 0.717) is 10.6 Å². The minimum absolute atomic E-state index is 0.105. The molecule has 2 aromatic rings. The predicted molar refractivity (Wildman–Crippen MR) is 82.4 cm³/mol. The molecule has 0 aliphatic heterocycles. The lowest BCUT2D eigenvalue weighted by Crippen LogP contribution is -2.26. The van der Waals surface area contributed by atoms with Crippen LogP contribution in [0.25, 0.3) is 0 Å². The van der Waals surface area contributed by atoms with Crippen LogP contribution in [0.1, 0.15) is 34.5 Å². The van der Waals surface area contributed by atoms with Crippen LogP contribution in [0.2, 0.25) is 0 Å². The van der Waals surface area contributed by atoms with E-state index in [9.17, 15) is 4.79 Å². The summed E-state index contributed by atoms with van der Waals surface area (Å²) in [6, 6.07) is 10.6. The maximum atomic E-state index is 12.1. The second-order valence-corrected chi connectivity index (χ2v) is 4.86. The number of pyridine rings is 1. The van der Waals surface area contributed by atoms with Crippen molar-refractivity contribution in [2.24, 2.45) is 5.73 Å². The van der Waals surface area contributed by atoms with E-state index in [2.05, 4.69) is 10.3 Å². The van der Waals surface area contributed by atoms with Gasteiger partial charge in [0, 0.05) is 23.5 Å². The number of aromatic nitrogens is 1. The number of rotatable bonds is 4. The van der Waals surface area contributed by atoms with Gasteiger partial charge >= 0.3 is 0 Å². The Labute approximate surface area is 123 Å². The fourth-order valence-corrected chi connectivity index (χ4v) is 1.92. The van der Waals surface area contributed by atoms with Gasteiger partial charge in [0.2, 0.25) is 0 Å². The van der Waals surface area contributed by atoms with Gasteiger partial charge in [0.25, 0.3) is 5.91 Å². The number of nitrogens with zero attached hydrogens (tertiary/aromatic N) is 1. The summed E-state index contributed by atoms with van der Waals surface area (Å²) < 4.78 is 0. The van der Waals surface area contributed by atoms with Gasteiger partial charge in [-0.25, -0.2) is 0 Å². The summed E-state index contributed by atoms with van der Waals surface area (Å²) in [6.07, 6.45) is 3.44. The lowest BCUT2D eigenvalue weighted by Gasteiger charge is -2.14. The molecule has 1 unspecified atom stereocenters. The Hall–Kier alpha value is -2.27. The highest BCUT2D eigenvalue weighted by Gasteiger charge is 2.11. The van der Waals surface area contributed by atoms with Crippen molar-refractivity contribution >= 4 is 23.1 Å². The first-order chi connectivity index (χ1) is 9.58. The molecule has 0 bridgehead atoms. The zero-order valence-corrected chi connectivity index (χ0v) is 11.9. The molecule has 3 N–H and O–H groups in total. The average Bonchev–Trinajstić information content (AvgIpc) is 2.48. The highest BCUT2D eigenvalue weighted by Crippen LogP contribution is 2.12. The summed E-state index contributed by atoms with van der Waals surface area (Å²) in [5, 5.41) is 2.92. The number of hydrogen-bond acceptors (Lipinski definition) is 3. The molecule has 0 aliphatic rings. The van der Waals surface area contributed by atoms with Crippen molar-refractivity contribution in [3.63, 3.8) is 0 Å². The van der Waals surface area contributed by atoms with Gasteiger partial charge in [-0.3, -0.25) is 9.78 Å². The van der Waals surface area contributed by atoms with Crippen molar-refractivity contribution in [2.45, 2.75) is 13.0 Å². The molecule has 4 nitrogen and oxygen atoms in total. The molecule has 2 rings (SSSR count). The van der Waals surface area contributed by atoms with Gasteiger partial charge in [-0.1, -0.05) is 30.4 Å². The zero-order chi connectivity index (χ0) is 14.5. The summed E-state index contributed by atoms with van der Waals surface area (Å²) in [5.41, 5.74) is 7.80. The van der Waals surface area contributed by atoms with Crippen molar-refractivity contribution < 1.29 is 4.79 Å². The fraction of sp³-hybridized carbons (Fsp3) is 0.133. The summed E-state index contributed by atoms with van der Waals surface area (Å²) >= 11 is 4.88. The summed E-state index contributed by atoms with van der Waals surface area (Å²) in [5.74, 6) is -0.143. The van der Waals surface area contributed by atoms with Gasteiger partial charge in [-0.15, -0.1) is 0 Å². The highest BCUT2D eigenvalue weighted by atomic mass is 32.1. The van der Waals surface area contributed by atoms with E-state index in [0.717, 1.165) is 11.1 Å². The lowest BCUT2D eigenvalue weighted by atomic mass is 10.1. The molecule has 0 radical (unpaired) electrons. The topological polar surface area (TPSA) is 68.0 Å². The molecule has 1 aromatic heterocycles. The van der Waals surface area contributed by atoms with E-state index in [1.807, 2.05) is 19.1 Å². The number of carbonyl (C=O) groups excluding carboxylic acids is 1.